The maximum absolute atomic E-state index is 5.85. The van der Waals surface area contributed by atoms with Gasteiger partial charge in [-0.1, -0.05) is 46.6 Å². The van der Waals surface area contributed by atoms with E-state index in [0.717, 1.165) is 38.5 Å². The van der Waals surface area contributed by atoms with Crippen LogP contribution in [0, 0.1) is 0 Å². The third-order valence-corrected chi connectivity index (χ3v) is 3.75. The molecule has 0 aliphatic carbocycles. The molecule has 0 atom stereocenters. The van der Waals surface area contributed by atoms with Crippen LogP contribution in [-0.2, 0) is 0 Å². The smallest absolute Gasteiger partial charge is 0.0136 e. The van der Waals surface area contributed by atoms with Crippen LogP contribution in [-0.4, -0.2) is 13.1 Å². The molecule has 0 aliphatic heterocycles. The molecule has 4 N–H and O–H groups in total. The maximum atomic E-state index is 5.85. The molecule has 0 radical (unpaired) electrons. The van der Waals surface area contributed by atoms with Gasteiger partial charge in [0.15, 0.2) is 0 Å². The molecular weight excluding hydrogens is 268 g/mol. The summed E-state index contributed by atoms with van der Waals surface area (Å²) in [7, 11) is 0. The minimum Gasteiger partial charge on any atom is -0.327 e. The van der Waals surface area contributed by atoms with Gasteiger partial charge in [-0.05, 0) is 66.2 Å². The van der Waals surface area contributed by atoms with Crippen LogP contribution in [0.4, 0.5) is 0 Å². The summed E-state index contributed by atoms with van der Waals surface area (Å²) in [5, 5.41) is 0. The summed E-state index contributed by atoms with van der Waals surface area (Å²) in [5.41, 5.74) is 17.0. The Morgan fingerprint density at radius 2 is 1.23 bits per heavy atom. The second-order valence-corrected chi connectivity index (χ2v) is 6.30. The molecule has 0 heterocycles. The van der Waals surface area contributed by atoms with Crippen molar-refractivity contribution in [1.29, 1.82) is 0 Å². The number of rotatable bonds is 11. The molecule has 0 aromatic heterocycles. The van der Waals surface area contributed by atoms with Gasteiger partial charge in [0, 0.05) is 13.1 Å². The number of hydrogen-bond acceptors (Lipinski definition) is 2. The van der Waals surface area contributed by atoms with E-state index >= 15 is 0 Å². The first-order chi connectivity index (χ1) is 10.5. The average molecular weight is 305 g/mol. The fraction of sp³-hybridized carbons (Fsp3) is 0.600. The number of allylic oxidation sites excluding steroid dienone is 6. The Bertz CT molecular complexity index is 407. The lowest BCUT2D eigenvalue weighted by Crippen LogP contribution is -2.03. The van der Waals surface area contributed by atoms with E-state index in [9.17, 15) is 0 Å². The van der Waals surface area contributed by atoms with Crippen LogP contribution in [0.1, 0.15) is 66.2 Å². The van der Waals surface area contributed by atoms with Gasteiger partial charge in [-0.25, -0.2) is 0 Å². The Labute approximate surface area is 138 Å². The van der Waals surface area contributed by atoms with Gasteiger partial charge in [-0.2, -0.15) is 0 Å². The van der Waals surface area contributed by atoms with Gasteiger partial charge < -0.3 is 11.5 Å². The van der Waals surface area contributed by atoms with E-state index in [1.54, 1.807) is 0 Å². The second-order valence-electron chi connectivity index (χ2n) is 6.30. The fourth-order valence-corrected chi connectivity index (χ4v) is 2.29. The highest BCUT2D eigenvalue weighted by molar-refractivity contribution is 5.09. The summed E-state index contributed by atoms with van der Waals surface area (Å²) in [6.45, 7) is 9.98. The van der Waals surface area contributed by atoms with Crippen LogP contribution in [0.25, 0.3) is 0 Å². The molecule has 0 aliphatic rings. The zero-order chi connectivity index (χ0) is 16.8. The van der Waals surface area contributed by atoms with Crippen LogP contribution in [0.15, 0.2) is 46.6 Å². The average Bonchev–Trinajstić information content (AvgIpc) is 2.45. The topological polar surface area (TPSA) is 52.0 Å². The Morgan fingerprint density at radius 3 is 1.77 bits per heavy atom. The molecule has 0 spiro atoms. The van der Waals surface area contributed by atoms with Crippen LogP contribution in [0.5, 0.6) is 0 Å². The van der Waals surface area contributed by atoms with Gasteiger partial charge in [-0.15, -0.1) is 0 Å². The molecule has 0 rings (SSSR count). The highest BCUT2D eigenvalue weighted by atomic mass is 14.5. The van der Waals surface area contributed by atoms with E-state index in [4.69, 9.17) is 11.5 Å². The first-order valence-electron chi connectivity index (χ1n) is 8.52. The highest BCUT2D eigenvalue weighted by Crippen LogP contribution is 2.13. The largest absolute Gasteiger partial charge is 0.327 e. The van der Waals surface area contributed by atoms with E-state index in [0.29, 0.717) is 13.1 Å². The summed E-state index contributed by atoms with van der Waals surface area (Å²) < 4.78 is 0. The summed E-state index contributed by atoms with van der Waals surface area (Å²) in [4.78, 5) is 0. The minimum absolute atomic E-state index is 0.635. The fourth-order valence-electron chi connectivity index (χ4n) is 2.29. The monoisotopic (exact) mass is 304 g/mol. The second kappa shape index (κ2) is 13.5. The van der Waals surface area contributed by atoms with E-state index in [-0.39, 0.29) is 0 Å². The van der Waals surface area contributed by atoms with E-state index < -0.39 is 0 Å². The van der Waals surface area contributed by atoms with E-state index in [1.807, 2.05) is 0 Å². The normalized spacial score (nSPS) is 13.5. The molecule has 0 bridgehead atoms. The zero-order valence-corrected chi connectivity index (χ0v) is 15.1. The van der Waals surface area contributed by atoms with Crippen molar-refractivity contribution in [2.45, 2.75) is 66.2 Å². The lowest BCUT2D eigenvalue weighted by Gasteiger charge is -2.05. The van der Waals surface area contributed by atoms with Crippen molar-refractivity contribution in [3.8, 4) is 0 Å². The standard InChI is InChI=1S/C20H36N2/c1-17(2)8-5-9-18(3)10-6-12-20(16-22)13-7-11-19(4)14-15-21/h8,10,13-14H,5-7,9,11-12,15-16,21-22H2,1-4H3/b18-10+,19-14+,20-13-. The Morgan fingerprint density at radius 1 is 0.682 bits per heavy atom. The van der Waals surface area contributed by atoms with Crippen molar-refractivity contribution in [3.05, 3.63) is 46.6 Å². The predicted octanol–water partition coefficient (Wildman–Crippen LogP) is 5.03. The summed E-state index contributed by atoms with van der Waals surface area (Å²) in [6.07, 6.45) is 15.7. The van der Waals surface area contributed by atoms with Crippen LogP contribution in [0.3, 0.4) is 0 Å². The lowest BCUT2D eigenvalue weighted by molar-refractivity contribution is 0.875. The van der Waals surface area contributed by atoms with Crippen LogP contribution in [0.2, 0.25) is 0 Å². The van der Waals surface area contributed by atoms with Crippen LogP contribution >= 0.6 is 0 Å². The van der Waals surface area contributed by atoms with E-state index in [2.05, 4.69) is 52.0 Å². The summed E-state index contributed by atoms with van der Waals surface area (Å²) in [6, 6.07) is 0. The van der Waals surface area contributed by atoms with Crippen molar-refractivity contribution in [2.24, 2.45) is 11.5 Å². The predicted molar refractivity (Wildman–Crippen MR) is 101 cm³/mol. The molecule has 0 amide bonds. The van der Waals surface area contributed by atoms with Gasteiger partial charge in [-0.3, -0.25) is 0 Å². The maximum Gasteiger partial charge on any atom is 0.0136 e. The number of hydrogen-bond donors (Lipinski definition) is 2. The van der Waals surface area contributed by atoms with Crippen molar-refractivity contribution in [3.63, 3.8) is 0 Å². The van der Waals surface area contributed by atoms with Gasteiger partial charge >= 0.3 is 0 Å². The first-order valence-corrected chi connectivity index (χ1v) is 8.52. The molecule has 22 heavy (non-hydrogen) atoms. The molecule has 0 unspecified atom stereocenters. The van der Waals surface area contributed by atoms with Gasteiger partial charge in [0.05, 0.1) is 0 Å². The molecule has 0 aromatic rings. The third kappa shape index (κ3) is 12.6. The molecule has 2 nitrogen and oxygen atoms in total. The van der Waals surface area contributed by atoms with Crippen molar-refractivity contribution >= 4 is 0 Å². The Kier molecular flexibility index (Phi) is 12.8. The van der Waals surface area contributed by atoms with Crippen molar-refractivity contribution < 1.29 is 0 Å². The minimum atomic E-state index is 0.635. The van der Waals surface area contributed by atoms with Crippen LogP contribution < -0.4 is 11.5 Å². The third-order valence-electron chi connectivity index (χ3n) is 3.75. The lowest BCUT2D eigenvalue weighted by atomic mass is 10.0. The molecule has 0 fully saturated rings. The SMILES string of the molecule is CC(C)=CCC/C(C)=C/CC/C(=C/CC/C(C)=C/CN)CN. The zero-order valence-electron chi connectivity index (χ0n) is 15.1. The van der Waals surface area contributed by atoms with Gasteiger partial charge in [0.25, 0.3) is 0 Å². The Balaban J connectivity index is 4.12. The van der Waals surface area contributed by atoms with E-state index in [1.165, 1.54) is 22.3 Å². The number of nitrogens with two attached hydrogens (primary N) is 2. The molecule has 0 saturated heterocycles. The molecular formula is C20H36N2. The molecule has 126 valence electrons. The summed E-state index contributed by atoms with van der Waals surface area (Å²) in [5.74, 6) is 0. The van der Waals surface area contributed by atoms with Crippen molar-refractivity contribution in [1.82, 2.24) is 0 Å². The first kappa shape index (κ1) is 20.9. The molecule has 0 saturated carbocycles. The van der Waals surface area contributed by atoms with Crippen molar-refractivity contribution in [2.75, 3.05) is 13.1 Å². The quantitative estimate of drug-likeness (QED) is 0.526. The Hall–Kier alpha value is -1.12. The molecule has 2 heteroatoms. The van der Waals surface area contributed by atoms with Gasteiger partial charge in [0.2, 0.25) is 0 Å². The molecule has 0 aromatic carbocycles. The highest BCUT2D eigenvalue weighted by Gasteiger charge is 1.96. The van der Waals surface area contributed by atoms with Gasteiger partial charge in [0.1, 0.15) is 0 Å². The summed E-state index contributed by atoms with van der Waals surface area (Å²) >= 11 is 0.